The van der Waals surface area contributed by atoms with E-state index in [0.29, 0.717) is 5.69 Å². The van der Waals surface area contributed by atoms with Crippen LogP contribution < -0.4 is 16.0 Å². The van der Waals surface area contributed by atoms with Crippen molar-refractivity contribution in [2.75, 3.05) is 16.0 Å². The first kappa shape index (κ1) is 19.9. The fourth-order valence-corrected chi connectivity index (χ4v) is 2.94. The van der Waals surface area contributed by atoms with Gasteiger partial charge in [-0.2, -0.15) is 14.5 Å². The Labute approximate surface area is 194 Å². The number of aromatic nitrogens is 5. The number of carbonyl (C=O) groups excluding carboxylic acids is 1. The second-order valence-electron chi connectivity index (χ2n) is 6.93. The van der Waals surface area contributed by atoms with Crippen LogP contribution in [-0.2, 0) is 11.8 Å². The molecule has 0 aliphatic carbocycles. The van der Waals surface area contributed by atoms with Crippen molar-refractivity contribution in [3.05, 3.63) is 79.2 Å². The predicted molar refractivity (Wildman–Crippen MR) is 120 cm³/mol. The molecule has 0 saturated heterocycles. The van der Waals surface area contributed by atoms with Gasteiger partial charge in [0.15, 0.2) is 5.82 Å². The molecular weight excluding hydrogens is 449 g/mol. The van der Waals surface area contributed by atoms with E-state index in [1.54, 1.807) is 17.9 Å². The first-order valence-corrected chi connectivity index (χ1v) is 9.64. The average molecular weight is 468 g/mol. The summed E-state index contributed by atoms with van der Waals surface area (Å²) < 4.78 is 57.6. The van der Waals surface area contributed by atoms with Gasteiger partial charge in [0.1, 0.15) is 11.6 Å². The molecule has 4 rings (SSSR count). The fourth-order valence-electron chi connectivity index (χ4n) is 2.94. The summed E-state index contributed by atoms with van der Waals surface area (Å²) in [7, 11) is 1.72. The van der Waals surface area contributed by atoms with Crippen molar-refractivity contribution in [2.45, 2.75) is 0 Å². The molecule has 0 radical (unpaired) electrons. The van der Waals surface area contributed by atoms with Gasteiger partial charge in [-0.15, -0.1) is 0 Å². The van der Waals surface area contributed by atoms with Crippen LogP contribution in [-0.4, -0.2) is 30.6 Å². The highest BCUT2D eigenvalue weighted by Crippen LogP contribution is 2.32. The van der Waals surface area contributed by atoms with E-state index < -0.39 is 30.0 Å². The molecule has 34 heavy (non-hydrogen) atoms. The summed E-state index contributed by atoms with van der Waals surface area (Å²) in [5.41, 5.74) is 0.926. The number of hydrogen-bond acceptors (Lipinski definition) is 7. The number of halogens is 3. The van der Waals surface area contributed by atoms with Gasteiger partial charge in [-0.25, -0.2) is 18.7 Å². The molecule has 3 aromatic heterocycles. The van der Waals surface area contributed by atoms with Crippen LogP contribution in [0.1, 0.15) is 2.74 Å². The summed E-state index contributed by atoms with van der Waals surface area (Å²) >= 11 is 0. The third-order valence-corrected chi connectivity index (χ3v) is 4.48. The van der Waals surface area contributed by atoms with Gasteiger partial charge in [-0.05, 0) is 30.3 Å². The molecule has 172 valence electrons. The molecule has 0 aliphatic rings. The number of aryl methyl sites for hydroxylation is 1. The topological polar surface area (TPSA) is 110 Å². The molecular formula is C22H17F3N8O. The molecule has 3 heterocycles. The maximum absolute atomic E-state index is 14.7. The molecule has 1 aromatic carbocycles. The van der Waals surface area contributed by atoms with Crippen molar-refractivity contribution in [2.24, 2.45) is 7.05 Å². The van der Waals surface area contributed by atoms with E-state index in [1.807, 2.05) is 0 Å². The van der Waals surface area contributed by atoms with Crippen LogP contribution in [0.15, 0.2) is 61.7 Å². The molecule has 0 fully saturated rings. The Balaban J connectivity index is 1.72. The summed E-state index contributed by atoms with van der Waals surface area (Å²) in [5.74, 6) is -3.81. The first-order valence-electron chi connectivity index (χ1n) is 10.6. The number of carbonyl (C=O) groups is 1. The van der Waals surface area contributed by atoms with Gasteiger partial charge in [-0.3, -0.25) is 9.48 Å². The Kier molecular flexibility index (Phi) is 5.51. The van der Waals surface area contributed by atoms with Crippen LogP contribution >= 0.6 is 0 Å². The third-order valence-electron chi connectivity index (χ3n) is 4.48. The third kappa shape index (κ3) is 5.01. The minimum Gasteiger partial charge on any atom is -0.337 e. The molecule has 0 spiro atoms. The van der Waals surface area contributed by atoms with Crippen LogP contribution in [0.25, 0.3) is 11.1 Å². The minimum absolute atomic E-state index is 0.0195. The second-order valence-corrected chi connectivity index (χ2v) is 6.93. The predicted octanol–water partition coefficient (Wildman–Crippen LogP) is 4.30. The molecule has 3 N–H and O–H groups in total. The van der Waals surface area contributed by atoms with E-state index in [-0.39, 0.29) is 34.3 Å². The average Bonchev–Trinajstić information content (AvgIpc) is 3.22. The van der Waals surface area contributed by atoms with Crippen molar-refractivity contribution >= 4 is 34.7 Å². The highest BCUT2D eigenvalue weighted by atomic mass is 19.2. The molecule has 0 aliphatic heterocycles. The van der Waals surface area contributed by atoms with Gasteiger partial charge >= 0.3 is 0 Å². The molecule has 12 heteroatoms. The van der Waals surface area contributed by atoms with Gasteiger partial charge in [0.05, 0.1) is 20.3 Å². The van der Waals surface area contributed by atoms with Gasteiger partial charge in [0, 0.05) is 42.5 Å². The Hall–Kier alpha value is -4.74. The molecule has 0 atom stereocenters. The molecule has 0 saturated carbocycles. The SMILES string of the molecule is [2H]C([2H])=CC(=O)Nc1ccc(F)c(Nc2nc(Nc3cnn(C)c3)ncc2-c2cnc(F)c(F)c2)c1. The highest BCUT2D eigenvalue weighted by Gasteiger charge is 2.16. The zero-order valence-electron chi connectivity index (χ0n) is 19.5. The van der Waals surface area contributed by atoms with Crippen LogP contribution in [0.3, 0.4) is 0 Å². The lowest BCUT2D eigenvalue weighted by atomic mass is 10.1. The maximum atomic E-state index is 14.7. The van der Waals surface area contributed by atoms with E-state index >= 15 is 0 Å². The van der Waals surface area contributed by atoms with Crippen LogP contribution in [0.2, 0.25) is 0 Å². The van der Waals surface area contributed by atoms with E-state index in [0.717, 1.165) is 24.4 Å². The zero-order chi connectivity index (χ0) is 25.8. The summed E-state index contributed by atoms with van der Waals surface area (Å²) in [6.07, 6.45) is 6.34. The zero-order valence-corrected chi connectivity index (χ0v) is 17.5. The van der Waals surface area contributed by atoms with Crippen molar-refractivity contribution in [1.82, 2.24) is 24.7 Å². The van der Waals surface area contributed by atoms with Crippen LogP contribution in [0, 0.1) is 17.6 Å². The Morgan fingerprint density at radius 3 is 2.68 bits per heavy atom. The Morgan fingerprint density at radius 2 is 1.94 bits per heavy atom. The van der Waals surface area contributed by atoms with Crippen LogP contribution in [0.5, 0.6) is 0 Å². The number of pyridine rings is 1. The van der Waals surface area contributed by atoms with Gasteiger partial charge < -0.3 is 16.0 Å². The molecule has 1 amide bonds. The quantitative estimate of drug-likeness (QED) is 0.274. The number of amides is 1. The van der Waals surface area contributed by atoms with E-state index in [9.17, 15) is 18.0 Å². The van der Waals surface area contributed by atoms with Crippen molar-refractivity contribution in [3.63, 3.8) is 0 Å². The van der Waals surface area contributed by atoms with E-state index in [4.69, 9.17) is 2.74 Å². The summed E-state index contributed by atoms with van der Waals surface area (Å²) in [6.45, 7) is -0.702. The number of hydrogen-bond donors (Lipinski definition) is 3. The van der Waals surface area contributed by atoms with E-state index in [1.165, 1.54) is 24.5 Å². The van der Waals surface area contributed by atoms with Crippen LogP contribution in [0.4, 0.5) is 42.0 Å². The smallest absolute Gasteiger partial charge is 0.248 e. The molecule has 0 bridgehead atoms. The lowest BCUT2D eigenvalue weighted by molar-refractivity contribution is -0.111. The Bertz CT molecular complexity index is 1470. The Morgan fingerprint density at radius 1 is 1.09 bits per heavy atom. The summed E-state index contributed by atoms with van der Waals surface area (Å²) in [5, 5.41) is 12.2. The lowest BCUT2D eigenvalue weighted by Crippen LogP contribution is -2.08. The lowest BCUT2D eigenvalue weighted by Gasteiger charge is -2.14. The number of anilines is 5. The molecule has 0 unspecified atom stereocenters. The normalized spacial score (nSPS) is 11.3. The summed E-state index contributed by atoms with van der Waals surface area (Å²) in [4.78, 5) is 23.7. The number of nitrogens with zero attached hydrogens (tertiary/aromatic N) is 5. The second kappa shape index (κ2) is 9.40. The molecule has 9 nitrogen and oxygen atoms in total. The van der Waals surface area contributed by atoms with E-state index in [2.05, 4.69) is 36.0 Å². The van der Waals surface area contributed by atoms with Gasteiger partial charge in [0.25, 0.3) is 0 Å². The number of benzene rings is 1. The maximum Gasteiger partial charge on any atom is 0.248 e. The number of rotatable bonds is 7. The number of nitrogens with one attached hydrogen (secondary N) is 3. The largest absolute Gasteiger partial charge is 0.337 e. The first-order chi connectivity index (χ1) is 17.2. The summed E-state index contributed by atoms with van der Waals surface area (Å²) in [6, 6.07) is 4.53. The van der Waals surface area contributed by atoms with Crippen molar-refractivity contribution in [1.29, 1.82) is 0 Å². The molecule has 4 aromatic rings. The highest BCUT2D eigenvalue weighted by molar-refractivity contribution is 5.99. The minimum atomic E-state index is -1.28. The fraction of sp³-hybridized carbons (Fsp3) is 0.0455. The van der Waals surface area contributed by atoms with Gasteiger partial charge in [-0.1, -0.05) is 6.53 Å². The standard InChI is InChI=1S/C22H17F3N8O/c1-3-19(34)29-13-4-5-16(23)18(7-13)31-21-15(12-6-17(24)20(25)26-8-12)10-27-22(32-21)30-14-9-28-33(2)11-14/h3-11H,1H2,2H3,(H,29,34)(H2,27,30,31,32)/i1D2. The van der Waals surface area contributed by atoms with Gasteiger partial charge in [0.2, 0.25) is 17.8 Å². The monoisotopic (exact) mass is 468 g/mol. The van der Waals surface area contributed by atoms with Crippen molar-refractivity contribution < 1.29 is 20.7 Å². The van der Waals surface area contributed by atoms with Crippen molar-refractivity contribution in [3.8, 4) is 11.1 Å².